The number of aliphatic hydroxyl groups is 2. The van der Waals surface area contributed by atoms with Gasteiger partial charge in [-0.1, -0.05) is 44.2 Å². The van der Waals surface area contributed by atoms with E-state index in [0.29, 0.717) is 11.3 Å². The summed E-state index contributed by atoms with van der Waals surface area (Å²) in [6.07, 6.45) is 2.83. The predicted molar refractivity (Wildman–Crippen MR) is 164 cm³/mol. The first-order chi connectivity index (χ1) is 21.3. The van der Waals surface area contributed by atoms with Gasteiger partial charge in [-0.15, -0.1) is 0 Å². The van der Waals surface area contributed by atoms with E-state index < -0.39 is 47.4 Å². The van der Waals surface area contributed by atoms with Crippen molar-refractivity contribution in [3.8, 4) is 0 Å². The number of guanidine groups is 2. The first kappa shape index (κ1) is 29.0. The number of amides is 4. The number of aryl methyl sites for hydroxylation is 1. The molecule has 2 saturated heterocycles. The standard InChI is InChI=1S/C31H37N9O5/c1-29(2)13-7-9-17-8-6-12-19(23(17)29)25(42)35-21-15-40-27(33)34-20(24-30(40,31(21,44)45)37-26(32)36-24)14-39-22(41)16-38(28(39)43)18-10-4-3-5-11-18/h3-6,8,10-12,20-21,24,44-45H,7,9,13-16H2,1-2H3,(H2,33,34)(H,35,42)(H3,32,36,37)/p+1/t20-,21?,24-,30-/m0/s1. The van der Waals surface area contributed by atoms with Gasteiger partial charge in [0.1, 0.15) is 18.6 Å². The summed E-state index contributed by atoms with van der Waals surface area (Å²) in [7, 11) is 0. The first-order valence-corrected chi connectivity index (χ1v) is 15.2. The average Bonchev–Trinajstić information content (AvgIpc) is 3.58. The molecular formula is C31H38N9O5+. The van der Waals surface area contributed by atoms with Crippen LogP contribution in [0.3, 0.4) is 0 Å². The first-order valence-electron chi connectivity index (χ1n) is 15.2. The molecule has 1 aliphatic carbocycles. The van der Waals surface area contributed by atoms with E-state index in [1.807, 2.05) is 18.2 Å². The van der Waals surface area contributed by atoms with Gasteiger partial charge >= 0.3 is 12.0 Å². The Balaban J connectivity index is 1.18. The van der Waals surface area contributed by atoms with Crippen molar-refractivity contribution in [1.29, 1.82) is 0 Å². The quantitative estimate of drug-likeness (QED) is 0.141. The van der Waals surface area contributed by atoms with Gasteiger partial charge in [-0.05, 0) is 54.0 Å². The highest BCUT2D eigenvalue weighted by Gasteiger charge is 2.76. The van der Waals surface area contributed by atoms with Crippen LogP contribution in [-0.2, 0) is 16.6 Å². The van der Waals surface area contributed by atoms with Crippen LogP contribution in [0.15, 0.2) is 53.5 Å². The fourth-order valence-corrected chi connectivity index (χ4v) is 7.92. The van der Waals surface area contributed by atoms with Crippen molar-refractivity contribution in [2.75, 3.05) is 24.5 Å². The Morgan fingerprint density at radius 1 is 1.13 bits per heavy atom. The number of nitrogens with one attached hydrogen (secondary N) is 3. The molecule has 14 nitrogen and oxygen atoms in total. The Labute approximate surface area is 259 Å². The third-order valence-electron chi connectivity index (χ3n) is 10.0. The Kier molecular flexibility index (Phi) is 6.39. The minimum atomic E-state index is -2.63. The second-order valence-corrected chi connectivity index (χ2v) is 13.1. The summed E-state index contributed by atoms with van der Waals surface area (Å²) in [5.74, 6) is -3.51. The lowest BCUT2D eigenvalue weighted by Gasteiger charge is -2.46. The van der Waals surface area contributed by atoms with Gasteiger partial charge in [0.25, 0.3) is 17.5 Å². The van der Waals surface area contributed by atoms with E-state index in [9.17, 15) is 24.6 Å². The molecule has 14 heteroatoms. The fraction of sp³-hybridized carbons (Fsp3) is 0.452. The Morgan fingerprint density at radius 2 is 1.89 bits per heavy atom. The lowest BCUT2D eigenvalue weighted by Crippen LogP contribution is -2.90. The third-order valence-corrected chi connectivity index (χ3v) is 10.0. The number of nitrogens with two attached hydrogens (primary N) is 2. The van der Waals surface area contributed by atoms with E-state index in [1.54, 1.807) is 30.3 Å². The summed E-state index contributed by atoms with van der Waals surface area (Å²) in [6, 6.07) is 10.9. The smallest absolute Gasteiger partial charge is 0.343 e. The van der Waals surface area contributed by atoms with Gasteiger partial charge < -0.3 is 21.3 Å². The maximum absolute atomic E-state index is 13.8. The zero-order valence-electron chi connectivity index (χ0n) is 25.2. The van der Waals surface area contributed by atoms with Crippen LogP contribution in [0, 0.1) is 0 Å². The molecule has 5 aliphatic rings. The largest absolute Gasteiger partial charge is 0.370 e. The number of carbonyl (C=O) groups excluding carboxylic acids is 3. The monoisotopic (exact) mass is 616 g/mol. The molecule has 2 aromatic rings. The number of benzene rings is 2. The van der Waals surface area contributed by atoms with Gasteiger partial charge in [0.15, 0.2) is 12.0 Å². The number of aliphatic imine (C=N–C) groups is 1. The Hall–Kier alpha value is -4.69. The molecule has 45 heavy (non-hydrogen) atoms. The highest BCUT2D eigenvalue weighted by Crippen LogP contribution is 2.42. The van der Waals surface area contributed by atoms with E-state index in [2.05, 4.69) is 34.5 Å². The molecule has 7 rings (SSSR count). The van der Waals surface area contributed by atoms with Crippen molar-refractivity contribution in [3.63, 3.8) is 0 Å². The minimum Gasteiger partial charge on any atom is -0.370 e. The molecule has 1 spiro atoms. The van der Waals surface area contributed by atoms with E-state index >= 15 is 0 Å². The highest BCUT2D eigenvalue weighted by molar-refractivity contribution is 6.12. The number of nitrogens with zero attached hydrogens (tertiary/aromatic N) is 4. The van der Waals surface area contributed by atoms with E-state index in [-0.39, 0.29) is 37.0 Å². The summed E-state index contributed by atoms with van der Waals surface area (Å²) < 4.78 is 0. The van der Waals surface area contributed by atoms with Gasteiger partial charge in [-0.25, -0.2) is 15.1 Å². The van der Waals surface area contributed by atoms with Crippen LogP contribution >= 0.6 is 0 Å². The lowest BCUT2D eigenvalue weighted by atomic mass is 9.70. The SMILES string of the molecule is CC1(C)CCCc2cccc(C(=O)NC3CN4C(N)=N[C@@H](CN5C(=O)CN(c6ccccc6)C5=O)[C@@H]5[NH+]=C(N)N[C@@]54C3(O)O)c21. The van der Waals surface area contributed by atoms with Crippen molar-refractivity contribution in [3.05, 3.63) is 65.2 Å². The van der Waals surface area contributed by atoms with E-state index in [0.717, 1.165) is 35.3 Å². The van der Waals surface area contributed by atoms with Crippen LogP contribution in [0.5, 0.6) is 0 Å². The maximum Gasteiger partial charge on any atom is 0.343 e. The van der Waals surface area contributed by atoms with Gasteiger partial charge in [0, 0.05) is 11.3 Å². The Bertz CT molecular complexity index is 1660. The minimum absolute atomic E-state index is 0.0308. The van der Waals surface area contributed by atoms with E-state index in [4.69, 9.17) is 11.5 Å². The topological polar surface area (TPSA) is 204 Å². The molecular weight excluding hydrogens is 578 g/mol. The number of fused-ring (bicyclic) bond motifs is 1. The lowest BCUT2D eigenvalue weighted by molar-refractivity contribution is -0.521. The molecule has 4 atom stereocenters. The summed E-state index contributed by atoms with van der Waals surface area (Å²) in [5.41, 5.74) is 13.8. The maximum atomic E-state index is 13.8. The second-order valence-electron chi connectivity index (χ2n) is 13.1. The number of hydrogen-bond donors (Lipinski definition) is 7. The summed E-state index contributed by atoms with van der Waals surface area (Å²) >= 11 is 0. The van der Waals surface area contributed by atoms with Crippen molar-refractivity contribution < 1.29 is 29.6 Å². The zero-order chi connectivity index (χ0) is 31.9. The van der Waals surface area contributed by atoms with Crippen LogP contribution in [-0.4, -0.2) is 99.0 Å². The normalized spacial score (nSPS) is 29.4. The van der Waals surface area contributed by atoms with Crippen LogP contribution < -0.4 is 32.0 Å². The van der Waals surface area contributed by atoms with Crippen molar-refractivity contribution in [2.45, 2.75) is 68.1 Å². The summed E-state index contributed by atoms with van der Waals surface area (Å²) in [4.78, 5) is 51.8. The van der Waals surface area contributed by atoms with Crippen LogP contribution in [0.2, 0.25) is 0 Å². The van der Waals surface area contributed by atoms with Gasteiger partial charge in [0.05, 0.1) is 13.1 Å². The van der Waals surface area contributed by atoms with Crippen molar-refractivity contribution in [1.82, 2.24) is 20.4 Å². The number of carbonyl (C=O) groups is 3. The van der Waals surface area contributed by atoms with Crippen LogP contribution in [0.1, 0.15) is 48.2 Å². The number of anilines is 1. The van der Waals surface area contributed by atoms with Gasteiger partial charge in [0.2, 0.25) is 5.79 Å². The van der Waals surface area contributed by atoms with Crippen LogP contribution in [0.25, 0.3) is 0 Å². The van der Waals surface area contributed by atoms with E-state index in [1.165, 1.54) is 9.80 Å². The Morgan fingerprint density at radius 3 is 2.64 bits per heavy atom. The number of hydrogen-bond acceptors (Lipinski definition) is 10. The third kappa shape index (κ3) is 4.19. The molecule has 1 unspecified atom stereocenters. The number of para-hydroxylation sites is 1. The number of imide groups is 1. The van der Waals surface area contributed by atoms with Gasteiger partial charge in [-0.3, -0.25) is 35.0 Å². The number of urea groups is 1. The fourth-order valence-electron chi connectivity index (χ4n) is 7.92. The molecule has 0 radical (unpaired) electrons. The zero-order valence-corrected chi connectivity index (χ0v) is 25.2. The molecule has 9 N–H and O–H groups in total. The van der Waals surface area contributed by atoms with Crippen molar-refractivity contribution in [2.24, 2.45) is 16.5 Å². The summed E-state index contributed by atoms with van der Waals surface area (Å²) in [5, 5.41) is 29.7. The van der Waals surface area contributed by atoms with Crippen LogP contribution in [0.4, 0.5) is 10.5 Å². The van der Waals surface area contributed by atoms with Gasteiger partial charge in [-0.2, -0.15) is 0 Å². The molecule has 2 aromatic carbocycles. The molecule has 0 bridgehead atoms. The second kappa shape index (κ2) is 9.91. The predicted octanol–water partition coefficient (Wildman–Crippen LogP) is -2.38. The molecule has 4 aliphatic heterocycles. The molecule has 0 aromatic heterocycles. The molecule has 4 amide bonds. The number of rotatable bonds is 5. The molecule has 2 fully saturated rings. The highest BCUT2D eigenvalue weighted by atomic mass is 16.5. The average molecular weight is 617 g/mol. The van der Waals surface area contributed by atoms with Crippen molar-refractivity contribution >= 4 is 35.5 Å². The molecule has 0 saturated carbocycles. The molecule has 236 valence electrons. The molecule has 4 heterocycles. The summed E-state index contributed by atoms with van der Waals surface area (Å²) in [6.45, 7) is 3.79.